The molecule has 0 N–H and O–H groups in total. The zero-order valence-corrected chi connectivity index (χ0v) is 26.1. The molecule has 9 heteroatoms. The van der Waals surface area contributed by atoms with E-state index in [9.17, 15) is 9.59 Å². The van der Waals surface area contributed by atoms with Gasteiger partial charge in [0.05, 0.1) is 5.75 Å². The van der Waals surface area contributed by atoms with Crippen LogP contribution in [0.1, 0.15) is 34.0 Å². The highest BCUT2D eigenvalue weighted by Crippen LogP contribution is 2.25. The van der Waals surface area contributed by atoms with Crippen LogP contribution in [-0.2, 0) is 17.8 Å². The van der Waals surface area contributed by atoms with Gasteiger partial charge in [-0.15, -0.1) is 0 Å². The van der Waals surface area contributed by atoms with Gasteiger partial charge in [0, 0.05) is 50.4 Å². The monoisotopic (exact) mass is 613 g/mol. The van der Waals surface area contributed by atoms with Crippen LogP contribution in [-0.4, -0.2) is 69.6 Å². The highest BCUT2D eigenvalue weighted by atomic mass is 35.5. The predicted molar refractivity (Wildman–Crippen MR) is 174 cm³/mol. The summed E-state index contributed by atoms with van der Waals surface area (Å²) >= 11 is 7.73. The minimum Gasteiger partial charge on any atom is -0.353 e. The van der Waals surface area contributed by atoms with Crippen LogP contribution in [0.15, 0.2) is 96.2 Å². The molecule has 4 aromatic rings. The van der Waals surface area contributed by atoms with Gasteiger partial charge in [0.1, 0.15) is 11.0 Å². The average Bonchev–Trinajstić information content (AvgIpc) is 3.02. The second-order valence-corrected chi connectivity index (χ2v) is 12.1. The van der Waals surface area contributed by atoms with E-state index in [4.69, 9.17) is 16.6 Å². The van der Waals surface area contributed by atoms with E-state index >= 15 is 0 Å². The summed E-state index contributed by atoms with van der Waals surface area (Å²) in [6, 6.07) is 29.7. The summed E-state index contributed by atoms with van der Waals surface area (Å²) in [5.41, 5.74) is 4.11. The zero-order chi connectivity index (χ0) is 30.2. The van der Waals surface area contributed by atoms with Crippen molar-refractivity contribution in [2.75, 3.05) is 36.8 Å². The van der Waals surface area contributed by atoms with Crippen molar-refractivity contribution in [2.24, 2.45) is 0 Å². The van der Waals surface area contributed by atoms with Crippen LogP contribution in [0.4, 0.5) is 5.82 Å². The van der Waals surface area contributed by atoms with Gasteiger partial charge in [-0.25, -0.2) is 9.97 Å². The second-order valence-electron chi connectivity index (χ2n) is 10.8. The lowest BCUT2D eigenvalue weighted by atomic mass is 10.1. The van der Waals surface area contributed by atoms with E-state index in [1.807, 2.05) is 96.4 Å². The Kier molecular flexibility index (Phi) is 10.3. The van der Waals surface area contributed by atoms with Crippen molar-refractivity contribution in [1.82, 2.24) is 19.8 Å². The minimum atomic E-state index is -0.00914. The highest BCUT2D eigenvalue weighted by Gasteiger charge is 2.29. The Labute approximate surface area is 262 Å². The molecule has 1 aromatic heterocycles. The molecular weight excluding hydrogens is 578 g/mol. The van der Waals surface area contributed by atoms with Gasteiger partial charge in [-0.2, -0.15) is 0 Å². The SMILES string of the molecule is Cc1ccc(C(=O)N2CCN(c3cc(Cl)nc(SCC(=O)N(CCc4ccccc4)Cc4ccccc4)n3)CC2C)cc1. The normalized spacial score (nSPS) is 14.9. The Bertz CT molecular complexity index is 1520. The van der Waals surface area contributed by atoms with E-state index in [0.29, 0.717) is 54.4 Å². The van der Waals surface area contributed by atoms with Crippen molar-refractivity contribution < 1.29 is 9.59 Å². The van der Waals surface area contributed by atoms with Crippen molar-refractivity contribution >= 4 is 41.0 Å². The number of hydrogen-bond acceptors (Lipinski definition) is 6. The van der Waals surface area contributed by atoms with Crippen LogP contribution in [0.5, 0.6) is 0 Å². The van der Waals surface area contributed by atoms with Crippen LogP contribution in [0.25, 0.3) is 0 Å². The maximum atomic E-state index is 13.5. The molecule has 1 fully saturated rings. The lowest BCUT2D eigenvalue weighted by molar-refractivity contribution is -0.128. The number of thioether (sulfide) groups is 1. The molecule has 0 saturated carbocycles. The van der Waals surface area contributed by atoms with E-state index in [1.165, 1.54) is 17.3 Å². The number of nitrogens with zero attached hydrogens (tertiary/aromatic N) is 5. The van der Waals surface area contributed by atoms with E-state index in [-0.39, 0.29) is 23.6 Å². The fraction of sp³-hybridized carbons (Fsp3) is 0.294. The van der Waals surface area contributed by atoms with E-state index < -0.39 is 0 Å². The molecule has 0 bridgehead atoms. The molecule has 1 saturated heterocycles. The molecular formula is C34H36ClN5O2S. The second kappa shape index (κ2) is 14.5. The van der Waals surface area contributed by atoms with Crippen molar-refractivity contribution in [3.05, 3.63) is 118 Å². The molecule has 1 atom stereocenters. The third-order valence-electron chi connectivity index (χ3n) is 7.58. The number of carbonyl (C=O) groups is 2. The largest absolute Gasteiger partial charge is 0.353 e. The van der Waals surface area contributed by atoms with Gasteiger partial charge in [0.2, 0.25) is 5.91 Å². The first-order valence-corrected chi connectivity index (χ1v) is 15.9. The summed E-state index contributed by atoms with van der Waals surface area (Å²) in [4.78, 5) is 41.7. The molecule has 7 nitrogen and oxygen atoms in total. The number of amides is 2. The fourth-order valence-corrected chi connectivity index (χ4v) is 6.15. The topological polar surface area (TPSA) is 69.6 Å². The summed E-state index contributed by atoms with van der Waals surface area (Å²) in [5, 5.41) is 0.792. The Balaban J connectivity index is 1.22. The summed E-state index contributed by atoms with van der Waals surface area (Å²) in [5.74, 6) is 0.965. The molecule has 222 valence electrons. The number of benzene rings is 3. The molecule has 1 aliphatic rings. The lowest BCUT2D eigenvalue weighted by Gasteiger charge is -2.40. The Morgan fingerprint density at radius 2 is 1.60 bits per heavy atom. The summed E-state index contributed by atoms with van der Waals surface area (Å²) < 4.78 is 0. The summed E-state index contributed by atoms with van der Waals surface area (Å²) in [7, 11) is 0. The van der Waals surface area contributed by atoms with Crippen LogP contribution in [0.3, 0.4) is 0 Å². The number of anilines is 1. The smallest absolute Gasteiger partial charge is 0.254 e. The number of hydrogen-bond donors (Lipinski definition) is 0. The average molecular weight is 614 g/mol. The Hall–Kier alpha value is -3.88. The van der Waals surface area contributed by atoms with Gasteiger partial charge in [-0.05, 0) is 43.5 Å². The molecule has 1 unspecified atom stereocenters. The first-order chi connectivity index (χ1) is 20.9. The lowest BCUT2D eigenvalue weighted by Crippen LogP contribution is -2.54. The fourth-order valence-electron chi connectivity index (χ4n) is 5.16. The van der Waals surface area contributed by atoms with Crippen molar-refractivity contribution in [3.8, 4) is 0 Å². The third-order valence-corrected chi connectivity index (χ3v) is 8.60. The first-order valence-electron chi connectivity index (χ1n) is 14.5. The minimum absolute atomic E-state index is 0.00914. The van der Waals surface area contributed by atoms with Gasteiger partial charge in [0.25, 0.3) is 5.91 Å². The van der Waals surface area contributed by atoms with Crippen LogP contribution in [0.2, 0.25) is 5.15 Å². The maximum Gasteiger partial charge on any atom is 0.254 e. The number of aryl methyl sites for hydroxylation is 1. The van der Waals surface area contributed by atoms with E-state index in [2.05, 4.69) is 22.0 Å². The standard InChI is InChI=1S/C34H36ClN5O2S/c1-25-13-15-29(16-14-25)33(42)40-20-19-38(22-26(40)2)31-21-30(35)36-34(37-31)43-24-32(41)39(23-28-11-7-4-8-12-28)18-17-27-9-5-3-6-10-27/h3-16,21,26H,17-20,22-24H2,1-2H3. The molecule has 1 aliphatic heterocycles. The Morgan fingerprint density at radius 3 is 2.28 bits per heavy atom. The third kappa shape index (κ3) is 8.36. The zero-order valence-electron chi connectivity index (χ0n) is 24.5. The van der Waals surface area contributed by atoms with Crippen LogP contribution < -0.4 is 4.90 Å². The van der Waals surface area contributed by atoms with Crippen LogP contribution in [0, 0.1) is 6.92 Å². The van der Waals surface area contributed by atoms with Crippen molar-refractivity contribution in [2.45, 2.75) is 38.0 Å². The van der Waals surface area contributed by atoms with Crippen LogP contribution >= 0.6 is 23.4 Å². The first kappa shape index (κ1) is 30.6. The molecule has 5 rings (SSSR count). The van der Waals surface area contributed by atoms with E-state index in [1.54, 1.807) is 6.07 Å². The quantitative estimate of drug-likeness (QED) is 0.121. The van der Waals surface area contributed by atoms with E-state index in [0.717, 1.165) is 17.5 Å². The predicted octanol–water partition coefficient (Wildman–Crippen LogP) is 6.15. The molecule has 0 aliphatic carbocycles. The van der Waals surface area contributed by atoms with Gasteiger partial charge >= 0.3 is 0 Å². The van der Waals surface area contributed by atoms with Crippen molar-refractivity contribution in [1.29, 1.82) is 0 Å². The maximum absolute atomic E-state index is 13.5. The molecule has 0 radical (unpaired) electrons. The van der Waals surface area contributed by atoms with Gasteiger partial charge in [0.15, 0.2) is 5.16 Å². The molecule has 43 heavy (non-hydrogen) atoms. The molecule has 2 heterocycles. The number of rotatable bonds is 10. The molecule has 0 spiro atoms. The number of halogens is 1. The Morgan fingerprint density at radius 1 is 0.930 bits per heavy atom. The van der Waals surface area contributed by atoms with Gasteiger partial charge < -0.3 is 14.7 Å². The molecule has 2 amide bonds. The number of carbonyl (C=O) groups excluding carboxylic acids is 2. The van der Waals surface area contributed by atoms with Gasteiger partial charge in [-0.3, -0.25) is 9.59 Å². The number of piperazine rings is 1. The number of aromatic nitrogens is 2. The van der Waals surface area contributed by atoms with Gasteiger partial charge in [-0.1, -0.05) is 102 Å². The molecule has 3 aromatic carbocycles. The highest BCUT2D eigenvalue weighted by molar-refractivity contribution is 7.99. The summed E-state index contributed by atoms with van der Waals surface area (Å²) in [6.45, 7) is 7.04. The summed E-state index contributed by atoms with van der Waals surface area (Å²) in [6.07, 6.45) is 0.776. The van der Waals surface area contributed by atoms with Crippen molar-refractivity contribution in [3.63, 3.8) is 0 Å².